The number of rotatable bonds is 3. The third-order valence-corrected chi connectivity index (χ3v) is 4.57. The second kappa shape index (κ2) is 5.86. The SMILES string of the molecule is O=C(NCc1ccccn1)c1cc(=O)n2c(nc3ccccc32)s1. The maximum absolute atomic E-state index is 12.4. The van der Waals surface area contributed by atoms with Crippen molar-refractivity contribution in [2.75, 3.05) is 0 Å². The number of pyridine rings is 1. The molecule has 0 saturated heterocycles. The van der Waals surface area contributed by atoms with Crippen molar-refractivity contribution >= 4 is 33.2 Å². The molecule has 7 heteroatoms. The number of carbonyl (C=O) groups is 1. The quantitative estimate of drug-likeness (QED) is 0.622. The number of nitrogens with zero attached hydrogens (tertiary/aromatic N) is 3. The molecular formula is C17H12N4O2S. The Balaban J connectivity index is 1.68. The molecule has 0 atom stereocenters. The van der Waals surface area contributed by atoms with Gasteiger partial charge < -0.3 is 5.32 Å². The van der Waals surface area contributed by atoms with Crippen molar-refractivity contribution in [1.82, 2.24) is 19.7 Å². The second-order valence-electron chi connectivity index (χ2n) is 5.17. The fourth-order valence-electron chi connectivity index (χ4n) is 2.46. The van der Waals surface area contributed by atoms with E-state index >= 15 is 0 Å². The van der Waals surface area contributed by atoms with Crippen molar-refractivity contribution in [2.45, 2.75) is 6.54 Å². The van der Waals surface area contributed by atoms with Crippen LogP contribution >= 0.6 is 11.3 Å². The summed E-state index contributed by atoms with van der Waals surface area (Å²) in [4.78, 5) is 34.1. The van der Waals surface area contributed by atoms with Crippen LogP contribution in [-0.4, -0.2) is 20.3 Å². The molecule has 118 valence electrons. The molecule has 4 aromatic rings. The Morgan fingerprint density at radius 1 is 1.17 bits per heavy atom. The number of imidazole rings is 1. The summed E-state index contributed by atoms with van der Waals surface area (Å²) in [6.45, 7) is 0.308. The van der Waals surface area contributed by atoms with Gasteiger partial charge in [-0.3, -0.25) is 19.0 Å². The predicted molar refractivity (Wildman–Crippen MR) is 92.3 cm³/mol. The molecule has 0 aliphatic rings. The minimum Gasteiger partial charge on any atom is -0.346 e. The number of carbonyl (C=O) groups excluding carboxylic acids is 1. The van der Waals surface area contributed by atoms with Gasteiger partial charge in [0.15, 0.2) is 4.96 Å². The van der Waals surface area contributed by atoms with Crippen LogP contribution in [0.25, 0.3) is 16.0 Å². The van der Waals surface area contributed by atoms with E-state index in [1.807, 2.05) is 42.5 Å². The van der Waals surface area contributed by atoms with Gasteiger partial charge in [0.05, 0.1) is 23.3 Å². The summed E-state index contributed by atoms with van der Waals surface area (Å²) >= 11 is 1.19. The fraction of sp³-hybridized carbons (Fsp3) is 0.0588. The van der Waals surface area contributed by atoms with Gasteiger partial charge in [-0.25, -0.2) is 4.98 Å². The Labute approximate surface area is 140 Å². The lowest BCUT2D eigenvalue weighted by Crippen LogP contribution is -2.24. The van der Waals surface area contributed by atoms with Crippen molar-refractivity contribution in [1.29, 1.82) is 0 Å². The summed E-state index contributed by atoms with van der Waals surface area (Å²) in [5, 5.41) is 2.77. The highest BCUT2D eigenvalue weighted by molar-refractivity contribution is 7.18. The lowest BCUT2D eigenvalue weighted by Gasteiger charge is -2.04. The Bertz CT molecular complexity index is 1100. The summed E-state index contributed by atoms with van der Waals surface area (Å²) in [7, 11) is 0. The first kappa shape index (κ1) is 14.5. The highest BCUT2D eigenvalue weighted by Crippen LogP contribution is 2.19. The van der Waals surface area contributed by atoms with Crippen LogP contribution in [0, 0.1) is 0 Å². The van der Waals surface area contributed by atoms with Crippen LogP contribution in [0.15, 0.2) is 59.5 Å². The van der Waals surface area contributed by atoms with Crippen LogP contribution in [-0.2, 0) is 6.54 Å². The minimum atomic E-state index is -0.308. The molecule has 1 amide bonds. The van der Waals surface area contributed by atoms with Crippen LogP contribution in [0.5, 0.6) is 0 Å². The third-order valence-electron chi connectivity index (χ3n) is 3.59. The number of nitrogens with one attached hydrogen (secondary N) is 1. The number of benzene rings is 1. The van der Waals surface area contributed by atoms with E-state index in [0.717, 1.165) is 16.7 Å². The first-order valence-electron chi connectivity index (χ1n) is 7.32. The molecular weight excluding hydrogens is 324 g/mol. The van der Waals surface area contributed by atoms with Crippen molar-refractivity contribution < 1.29 is 4.79 Å². The highest BCUT2D eigenvalue weighted by Gasteiger charge is 2.13. The lowest BCUT2D eigenvalue weighted by molar-refractivity contribution is 0.0954. The van der Waals surface area contributed by atoms with Gasteiger partial charge in [-0.1, -0.05) is 29.5 Å². The molecule has 0 saturated carbocycles. The fourth-order valence-corrected chi connectivity index (χ4v) is 3.41. The zero-order chi connectivity index (χ0) is 16.5. The van der Waals surface area contributed by atoms with E-state index in [2.05, 4.69) is 15.3 Å². The van der Waals surface area contributed by atoms with Gasteiger partial charge in [-0.2, -0.15) is 0 Å². The number of hydrogen-bond donors (Lipinski definition) is 1. The third kappa shape index (κ3) is 2.55. The zero-order valence-electron chi connectivity index (χ0n) is 12.5. The van der Waals surface area contributed by atoms with Crippen molar-refractivity contribution in [3.8, 4) is 0 Å². The smallest absolute Gasteiger partial charge is 0.262 e. The van der Waals surface area contributed by atoms with E-state index in [1.165, 1.54) is 21.8 Å². The molecule has 24 heavy (non-hydrogen) atoms. The Morgan fingerprint density at radius 2 is 2.00 bits per heavy atom. The first-order chi connectivity index (χ1) is 11.7. The van der Waals surface area contributed by atoms with Crippen LogP contribution in [0.1, 0.15) is 15.4 Å². The first-order valence-corrected chi connectivity index (χ1v) is 8.13. The molecule has 0 bridgehead atoms. The molecule has 0 radical (unpaired) electrons. The monoisotopic (exact) mass is 336 g/mol. The van der Waals surface area contributed by atoms with Crippen molar-refractivity contribution in [2.24, 2.45) is 0 Å². The number of amides is 1. The maximum atomic E-state index is 12.4. The zero-order valence-corrected chi connectivity index (χ0v) is 13.3. The lowest BCUT2D eigenvalue weighted by atomic mass is 10.3. The summed E-state index contributed by atoms with van der Waals surface area (Å²) < 4.78 is 1.52. The van der Waals surface area contributed by atoms with Gasteiger partial charge in [0.2, 0.25) is 0 Å². The molecule has 3 heterocycles. The predicted octanol–water partition coefficient (Wildman–Crippen LogP) is 2.23. The van der Waals surface area contributed by atoms with E-state index in [1.54, 1.807) is 6.20 Å². The number of hydrogen-bond acceptors (Lipinski definition) is 5. The van der Waals surface area contributed by atoms with E-state index in [-0.39, 0.29) is 11.5 Å². The second-order valence-corrected chi connectivity index (χ2v) is 6.18. The van der Waals surface area contributed by atoms with E-state index in [9.17, 15) is 9.59 Å². The summed E-state index contributed by atoms with van der Waals surface area (Å²) in [5.41, 5.74) is 1.97. The Kier molecular flexibility index (Phi) is 3.55. The van der Waals surface area contributed by atoms with Gasteiger partial charge >= 0.3 is 0 Å². The Hall–Kier alpha value is -3.06. The number of para-hydroxylation sites is 2. The topological polar surface area (TPSA) is 76.4 Å². The molecule has 6 nitrogen and oxygen atoms in total. The highest BCUT2D eigenvalue weighted by atomic mass is 32.1. The molecule has 0 unspecified atom stereocenters. The average molecular weight is 336 g/mol. The van der Waals surface area contributed by atoms with Gasteiger partial charge in [0.1, 0.15) is 4.88 Å². The van der Waals surface area contributed by atoms with Crippen molar-refractivity contribution in [3.63, 3.8) is 0 Å². The van der Waals surface area contributed by atoms with Crippen molar-refractivity contribution in [3.05, 3.63) is 75.7 Å². The maximum Gasteiger partial charge on any atom is 0.262 e. The minimum absolute atomic E-state index is 0.263. The summed E-state index contributed by atoms with van der Waals surface area (Å²) in [6, 6.07) is 14.2. The van der Waals surface area contributed by atoms with Crippen LogP contribution in [0.4, 0.5) is 0 Å². The van der Waals surface area contributed by atoms with Gasteiger partial charge in [0, 0.05) is 12.3 Å². The molecule has 0 spiro atoms. The van der Waals surface area contributed by atoms with Gasteiger partial charge in [-0.05, 0) is 24.3 Å². The molecule has 3 aromatic heterocycles. The molecule has 4 rings (SSSR count). The molecule has 1 N–H and O–H groups in total. The van der Waals surface area contributed by atoms with Crippen LogP contribution < -0.4 is 10.9 Å². The molecule has 0 aliphatic carbocycles. The number of aromatic nitrogens is 3. The van der Waals surface area contributed by atoms with Gasteiger partial charge in [0.25, 0.3) is 11.5 Å². The summed E-state index contributed by atoms with van der Waals surface area (Å²) in [5.74, 6) is -0.308. The largest absolute Gasteiger partial charge is 0.346 e. The normalized spacial score (nSPS) is 11.0. The van der Waals surface area contributed by atoms with E-state index in [0.29, 0.717) is 16.4 Å². The van der Waals surface area contributed by atoms with E-state index < -0.39 is 0 Å². The standard InChI is InChI=1S/C17H12N4O2S/c22-15-9-14(16(23)19-10-11-5-3-4-8-18-11)24-17-20-12-6-1-2-7-13(12)21(15)17/h1-9H,10H2,(H,19,23). The summed E-state index contributed by atoms with van der Waals surface area (Å²) in [6.07, 6.45) is 1.67. The Morgan fingerprint density at radius 3 is 2.83 bits per heavy atom. The van der Waals surface area contributed by atoms with Gasteiger partial charge in [-0.15, -0.1) is 0 Å². The molecule has 1 aromatic carbocycles. The van der Waals surface area contributed by atoms with Crippen LogP contribution in [0.3, 0.4) is 0 Å². The average Bonchev–Trinajstić information content (AvgIpc) is 2.99. The molecule has 0 fully saturated rings. The van der Waals surface area contributed by atoms with Crippen LogP contribution in [0.2, 0.25) is 0 Å². The van der Waals surface area contributed by atoms with E-state index in [4.69, 9.17) is 0 Å². The number of fused-ring (bicyclic) bond motifs is 3. The molecule has 0 aliphatic heterocycles.